The highest BCUT2D eigenvalue weighted by atomic mass is 32.2. The lowest BCUT2D eigenvalue weighted by Gasteiger charge is -2.11. The van der Waals surface area contributed by atoms with Gasteiger partial charge in [0, 0.05) is 0 Å². The highest BCUT2D eigenvalue weighted by Crippen LogP contribution is 2.04. The SMILES string of the molecule is CC(O)C(N)C(=O)O.CCC(C)C(N)C(=O)O.CSCCC(N)C(=O)O.NCCCCC(N)C(=O)O. The van der Waals surface area contributed by atoms with E-state index in [-0.39, 0.29) is 5.92 Å². The van der Waals surface area contributed by atoms with Gasteiger partial charge in [-0.2, -0.15) is 11.8 Å². The van der Waals surface area contributed by atoms with E-state index in [1.54, 1.807) is 11.8 Å². The predicted molar refractivity (Wildman–Crippen MR) is 139 cm³/mol. The van der Waals surface area contributed by atoms with Crippen LogP contribution >= 0.6 is 11.8 Å². The van der Waals surface area contributed by atoms with Gasteiger partial charge in [0.25, 0.3) is 0 Å². The fraction of sp³-hybridized carbons (Fsp3) is 0.810. The van der Waals surface area contributed by atoms with Crippen LogP contribution in [-0.2, 0) is 19.2 Å². The van der Waals surface area contributed by atoms with E-state index >= 15 is 0 Å². The van der Waals surface area contributed by atoms with Gasteiger partial charge in [0.2, 0.25) is 0 Å². The first-order chi connectivity index (χ1) is 16.5. The Morgan fingerprint density at radius 1 is 0.750 bits per heavy atom. The summed E-state index contributed by atoms with van der Waals surface area (Å²) < 4.78 is 0. The second-order valence-corrected chi connectivity index (χ2v) is 8.80. The minimum absolute atomic E-state index is 0.0718. The summed E-state index contributed by atoms with van der Waals surface area (Å²) in [7, 11) is 0. The van der Waals surface area contributed by atoms with Gasteiger partial charge in [0.05, 0.1) is 6.10 Å². The molecule has 0 aromatic carbocycles. The quantitative estimate of drug-likeness (QED) is 0.116. The number of nitrogens with two attached hydrogens (primary N) is 5. The number of aliphatic carboxylic acids is 4. The van der Waals surface area contributed by atoms with Crippen molar-refractivity contribution in [1.82, 2.24) is 0 Å². The molecule has 15 heteroatoms. The van der Waals surface area contributed by atoms with Gasteiger partial charge in [0.15, 0.2) is 0 Å². The normalized spacial score (nSPS) is 14.9. The summed E-state index contributed by atoms with van der Waals surface area (Å²) in [6.45, 7) is 5.69. The molecule has 15 N–H and O–H groups in total. The number of rotatable bonds is 14. The Kier molecular flexibility index (Phi) is 29.8. The van der Waals surface area contributed by atoms with Crippen molar-refractivity contribution >= 4 is 35.6 Å². The van der Waals surface area contributed by atoms with Crippen molar-refractivity contribution < 1.29 is 44.7 Å². The Balaban J connectivity index is -0.000000190. The molecule has 0 aromatic rings. The van der Waals surface area contributed by atoms with Crippen LogP contribution in [-0.4, -0.2) is 98.2 Å². The van der Waals surface area contributed by atoms with E-state index in [9.17, 15) is 19.2 Å². The summed E-state index contributed by atoms with van der Waals surface area (Å²) in [4.78, 5) is 40.2. The third-order valence-corrected chi connectivity index (χ3v) is 5.23. The molecule has 0 aliphatic rings. The largest absolute Gasteiger partial charge is 0.480 e. The Bertz CT molecular complexity index is 600. The van der Waals surface area contributed by atoms with Crippen molar-refractivity contribution in [3.8, 4) is 0 Å². The minimum Gasteiger partial charge on any atom is -0.480 e. The minimum atomic E-state index is -1.18. The number of hydrogen-bond donors (Lipinski definition) is 10. The molecule has 0 aliphatic carbocycles. The van der Waals surface area contributed by atoms with Crippen LogP contribution in [0.4, 0.5) is 0 Å². The zero-order chi connectivity index (χ0) is 29.4. The number of aliphatic hydroxyl groups excluding tert-OH is 1. The first-order valence-corrected chi connectivity index (χ1v) is 12.7. The molecule has 0 aliphatic heterocycles. The molecule has 0 heterocycles. The Labute approximate surface area is 216 Å². The summed E-state index contributed by atoms with van der Waals surface area (Å²) in [5.74, 6) is -3.05. The monoisotopic (exact) mass is 545 g/mol. The van der Waals surface area contributed by atoms with Crippen LogP contribution in [0.25, 0.3) is 0 Å². The molecule has 6 unspecified atom stereocenters. The molecule has 0 amide bonds. The number of carbonyl (C=O) groups is 4. The van der Waals surface area contributed by atoms with Crippen LogP contribution in [0.5, 0.6) is 0 Å². The maximum atomic E-state index is 10.2. The highest BCUT2D eigenvalue weighted by Gasteiger charge is 2.17. The van der Waals surface area contributed by atoms with E-state index in [0.29, 0.717) is 19.4 Å². The first kappa shape index (κ1) is 41.1. The van der Waals surface area contributed by atoms with Crippen LogP contribution in [0.15, 0.2) is 0 Å². The molecule has 0 rings (SSSR count). The third kappa shape index (κ3) is 28.2. The topological polar surface area (TPSA) is 300 Å². The number of aliphatic hydroxyl groups is 1. The number of carboxylic acid groups (broad SMARTS) is 4. The average Bonchev–Trinajstić information content (AvgIpc) is 2.81. The third-order valence-electron chi connectivity index (χ3n) is 4.58. The van der Waals surface area contributed by atoms with Gasteiger partial charge < -0.3 is 54.2 Å². The zero-order valence-electron chi connectivity index (χ0n) is 21.6. The smallest absolute Gasteiger partial charge is 0.323 e. The molecule has 14 nitrogen and oxygen atoms in total. The maximum absolute atomic E-state index is 10.2. The molecule has 0 bridgehead atoms. The van der Waals surface area contributed by atoms with Gasteiger partial charge in [-0.1, -0.05) is 26.7 Å². The Morgan fingerprint density at radius 3 is 1.39 bits per heavy atom. The van der Waals surface area contributed by atoms with Crippen LogP contribution in [0.2, 0.25) is 0 Å². The molecule has 0 fully saturated rings. The molecule has 216 valence electrons. The van der Waals surface area contributed by atoms with Crippen LogP contribution in [0, 0.1) is 5.92 Å². The van der Waals surface area contributed by atoms with Gasteiger partial charge in [-0.25, -0.2) is 0 Å². The van der Waals surface area contributed by atoms with Crippen LogP contribution in [0.1, 0.15) is 52.9 Å². The van der Waals surface area contributed by atoms with Gasteiger partial charge in [-0.05, 0) is 50.7 Å². The lowest BCUT2D eigenvalue weighted by atomic mass is 10.0. The number of thioether (sulfide) groups is 1. The zero-order valence-corrected chi connectivity index (χ0v) is 22.4. The molecular formula is C21H47N5O9S. The molecular weight excluding hydrogens is 498 g/mol. The van der Waals surface area contributed by atoms with Crippen molar-refractivity contribution in [3.63, 3.8) is 0 Å². The van der Waals surface area contributed by atoms with Gasteiger partial charge >= 0.3 is 23.9 Å². The molecule has 0 radical (unpaired) electrons. The van der Waals surface area contributed by atoms with Gasteiger partial charge in [0.1, 0.15) is 24.2 Å². The van der Waals surface area contributed by atoms with Crippen LogP contribution in [0.3, 0.4) is 0 Å². The van der Waals surface area contributed by atoms with E-state index in [2.05, 4.69) is 0 Å². The lowest BCUT2D eigenvalue weighted by molar-refractivity contribution is -0.141. The molecule has 0 spiro atoms. The van der Waals surface area contributed by atoms with Crippen molar-refractivity contribution in [1.29, 1.82) is 0 Å². The molecule has 0 saturated heterocycles. The fourth-order valence-corrected chi connectivity index (χ4v) is 2.19. The van der Waals surface area contributed by atoms with Gasteiger partial charge in [-0.15, -0.1) is 0 Å². The second kappa shape index (κ2) is 26.1. The van der Waals surface area contributed by atoms with E-state index in [1.807, 2.05) is 20.1 Å². The summed E-state index contributed by atoms with van der Waals surface area (Å²) in [6.07, 6.45) is 4.48. The lowest BCUT2D eigenvalue weighted by Crippen LogP contribution is -2.39. The van der Waals surface area contributed by atoms with Crippen molar-refractivity contribution in [2.75, 3.05) is 18.6 Å². The molecule has 6 atom stereocenters. The van der Waals surface area contributed by atoms with E-state index < -0.39 is 54.1 Å². The van der Waals surface area contributed by atoms with E-state index in [4.69, 9.17) is 54.2 Å². The van der Waals surface area contributed by atoms with Crippen LogP contribution < -0.4 is 28.7 Å². The Hall–Kier alpha value is -2.01. The maximum Gasteiger partial charge on any atom is 0.323 e. The highest BCUT2D eigenvalue weighted by molar-refractivity contribution is 7.98. The second-order valence-electron chi connectivity index (χ2n) is 7.81. The van der Waals surface area contributed by atoms with Crippen molar-refractivity contribution in [3.05, 3.63) is 0 Å². The Morgan fingerprint density at radius 2 is 1.17 bits per heavy atom. The van der Waals surface area contributed by atoms with E-state index in [0.717, 1.165) is 25.0 Å². The predicted octanol–water partition coefficient (Wildman–Crippen LogP) is -1.10. The summed E-state index contributed by atoms with van der Waals surface area (Å²) in [5.41, 5.74) is 25.8. The first-order valence-electron chi connectivity index (χ1n) is 11.3. The summed E-state index contributed by atoms with van der Waals surface area (Å²) >= 11 is 1.60. The number of carboxylic acids is 4. The number of hydrogen-bond acceptors (Lipinski definition) is 11. The summed E-state index contributed by atoms with van der Waals surface area (Å²) in [6, 6.07) is -3.26. The van der Waals surface area contributed by atoms with Crippen molar-refractivity contribution in [2.24, 2.45) is 34.6 Å². The summed E-state index contributed by atoms with van der Waals surface area (Å²) in [5, 5.41) is 41.5. The van der Waals surface area contributed by atoms with Gasteiger partial charge in [-0.3, -0.25) is 19.2 Å². The molecule has 36 heavy (non-hydrogen) atoms. The molecule has 0 aromatic heterocycles. The van der Waals surface area contributed by atoms with E-state index in [1.165, 1.54) is 6.92 Å². The standard InChI is InChI=1S/C6H14N2O2.C6H13NO2.C5H11NO2S.C4H9NO3/c7-4-2-1-3-5(8)6(9)10;1-3-4(2)5(7)6(8)9;1-9-3-2-4(6)5(7)8;1-2(6)3(5)4(7)8/h5H,1-4,7-8H2,(H,9,10);4-5H,3,7H2,1-2H3,(H,8,9);4H,2-3,6H2,1H3,(H,7,8);2-3,6H,5H2,1H3,(H,7,8). The number of unbranched alkanes of at least 4 members (excludes halogenated alkanes) is 1. The fourth-order valence-electron chi connectivity index (χ4n) is 1.70. The molecule has 0 saturated carbocycles. The van der Waals surface area contributed by atoms with Crippen molar-refractivity contribution in [2.45, 2.75) is 83.1 Å². The average molecular weight is 546 g/mol.